The van der Waals surface area contributed by atoms with E-state index in [9.17, 15) is 19.7 Å². The highest BCUT2D eigenvalue weighted by Crippen LogP contribution is 2.30. The summed E-state index contributed by atoms with van der Waals surface area (Å²) < 4.78 is 5.17. The van der Waals surface area contributed by atoms with Crippen LogP contribution in [-0.4, -0.2) is 34.9 Å². The summed E-state index contributed by atoms with van der Waals surface area (Å²) in [4.78, 5) is 34.7. The number of carbonyl (C=O) groups excluding carboxylic acids is 2. The SMILES string of the molecule is CN(C(=O)OC(C)(C)C)C(C=O)c1cc([N+](=O)[O-])ccc1Cl. The number of carbonyl (C=O) groups is 2. The quantitative estimate of drug-likeness (QED) is 0.480. The molecule has 0 spiro atoms. The topological polar surface area (TPSA) is 89.8 Å². The first-order valence-corrected chi connectivity index (χ1v) is 6.79. The van der Waals surface area contributed by atoms with Crippen molar-refractivity contribution in [2.45, 2.75) is 32.4 Å². The highest BCUT2D eigenvalue weighted by Gasteiger charge is 2.28. The lowest BCUT2D eigenvalue weighted by atomic mass is 10.1. The highest BCUT2D eigenvalue weighted by atomic mass is 35.5. The first kappa shape index (κ1) is 17.9. The second-order valence-corrected chi connectivity index (χ2v) is 6.04. The van der Waals surface area contributed by atoms with E-state index in [2.05, 4.69) is 0 Å². The summed E-state index contributed by atoms with van der Waals surface area (Å²) in [6.45, 7) is 5.07. The number of nitrogens with zero attached hydrogens (tertiary/aromatic N) is 2. The van der Waals surface area contributed by atoms with E-state index < -0.39 is 22.7 Å². The van der Waals surface area contributed by atoms with E-state index in [1.165, 1.54) is 25.2 Å². The van der Waals surface area contributed by atoms with Crippen LogP contribution < -0.4 is 0 Å². The number of nitro groups is 1. The van der Waals surface area contributed by atoms with Crippen molar-refractivity contribution in [2.24, 2.45) is 0 Å². The van der Waals surface area contributed by atoms with Crippen LogP contribution in [0.5, 0.6) is 0 Å². The number of halogens is 1. The predicted molar refractivity (Wildman–Crippen MR) is 80.9 cm³/mol. The Morgan fingerprint density at radius 2 is 2.05 bits per heavy atom. The molecule has 0 fully saturated rings. The molecule has 0 N–H and O–H groups in total. The molecule has 0 aromatic heterocycles. The molecule has 1 aromatic rings. The first-order valence-electron chi connectivity index (χ1n) is 6.41. The van der Waals surface area contributed by atoms with Crippen molar-refractivity contribution in [1.29, 1.82) is 0 Å². The fourth-order valence-corrected chi connectivity index (χ4v) is 1.92. The molecule has 7 nitrogen and oxygen atoms in total. The Balaban J connectivity index is 3.15. The fraction of sp³-hybridized carbons (Fsp3) is 0.429. The van der Waals surface area contributed by atoms with Gasteiger partial charge in [0.15, 0.2) is 0 Å². The molecule has 1 unspecified atom stereocenters. The van der Waals surface area contributed by atoms with Crippen molar-refractivity contribution < 1.29 is 19.2 Å². The number of likely N-dealkylation sites (N-methyl/N-ethyl adjacent to an activating group) is 1. The average molecular weight is 329 g/mol. The number of rotatable bonds is 4. The van der Waals surface area contributed by atoms with Gasteiger partial charge in [-0.1, -0.05) is 11.6 Å². The van der Waals surface area contributed by atoms with Gasteiger partial charge in [-0.25, -0.2) is 4.79 Å². The van der Waals surface area contributed by atoms with Gasteiger partial charge in [0.1, 0.15) is 17.9 Å². The molecule has 0 saturated heterocycles. The Morgan fingerprint density at radius 3 is 2.50 bits per heavy atom. The number of aldehydes is 1. The van der Waals surface area contributed by atoms with Crippen molar-refractivity contribution >= 4 is 29.7 Å². The molecule has 1 rings (SSSR count). The maximum absolute atomic E-state index is 12.0. The molecule has 22 heavy (non-hydrogen) atoms. The smallest absolute Gasteiger partial charge is 0.410 e. The summed E-state index contributed by atoms with van der Waals surface area (Å²) in [5.41, 5.74) is -0.784. The van der Waals surface area contributed by atoms with Gasteiger partial charge in [-0.15, -0.1) is 0 Å². The van der Waals surface area contributed by atoms with Gasteiger partial charge in [0.25, 0.3) is 5.69 Å². The molecule has 0 aliphatic rings. The van der Waals surface area contributed by atoms with Gasteiger partial charge in [0.05, 0.1) is 4.92 Å². The lowest BCUT2D eigenvalue weighted by Crippen LogP contribution is -2.37. The van der Waals surface area contributed by atoms with E-state index in [4.69, 9.17) is 16.3 Å². The number of non-ortho nitro benzene ring substituents is 1. The maximum Gasteiger partial charge on any atom is 0.410 e. The van der Waals surface area contributed by atoms with Crippen molar-refractivity contribution in [3.63, 3.8) is 0 Å². The predicted octanol–water partition coefficient (Wildman–Crippen LogP) is 3.36. The summed E-state index contributed by atoms with van der Waals surface area (Å²) >= 11 is 6.00. The van der Waals surface area contributed by atoms with Crippen LogP contribution in [0.15, 0.2) is 18.2 Å². The molecule has 8 heteroatoms. The Morgan fingerprint density at radius 1 is 1.45 bits per heavy atom. The fourth-order valence-electron chi connectivity index (χ4n) is 1.69. The van der Waals surface area contributed by atoms with E-state index in [0.29, 0.717) is 6.29 Å². The first-order chi connectivity index (χ1) is 10.1. The van der Waals surface area contributed by atoms with E-state index in [1.54, 1.807) is 20.8 Å². The molecule has 1 aromatic carbocycles. The number of amides is 1. The van der Waals surface area contributed by atoms with E-state index in [-0.39, 0.29) is 16.3 Å². The normalized spacial score (nSPS) is 12.4. The van der Waals surface area contributed by atoms with Crippen molar-refractivity contribution in [2.75, 3.05) is 7.05 Å². The molecule has 0 saturated carbocycles. The number of hydrogen-bond donors (Lipinski definition) is 0. The van der Waals surface area contributed by atoms with Gasteiger partial charge in [0.2, 0.25) is 0 Å². The molecular weight excluding hydrogens is 312 g/mol. The van der Waals surface area contributed by atoms with Gasteiger partial charge in [0, 0.05) is 29.8 Å². The largest absolute Gasteiger partial charge is 0.444 e. The standard InChI is InChI=1S/C14H17ClN2O5/c1-14(2,3)22-13(19)16(4)12(8-18)10-7-9(17(20)21)5-6-11(10)15/h5-8,12H,1-4H3. The summed E-state index contributed by atoms with van der Waals surface area (Å²) in [5.74, 6) is 0. The Labute approximate surface area is 133 Å². The number of hydrogen-bond acceptors (Lipinski definition) is 5. The van der Waals surface area contributed by atoms with E-state index in [0.717, 1.165) is 4.90 Å². The minimum atomic E-state index is -1.08. The molecule has 0 aliphatic carbocycles. The summed E-state index contributed by atoms with van der Waals surface area (Å²) in [6.07, 6.45) is -0.248. The van der Waals surface area contributed by atoms with Crippen molar-refractivity contribution in [3.8, 4) is 0 Å². The summed E-state index contributed by atoms with van der Waals surface area (Å²) in [7, 11) is 1.36. The molecule has 1 atom stereocenters. The monoisotopic (exact) mass is 328 g/mol. The van der Waals surface area contributed by atoms with Gasteiger partial charge >= 0.3 is 6.09 Å². The van der Waals surface area contributed by atoms with Crippen LogP contribution in [-0.2, 0) is 9.53 Å². The van der Waals surface area contributed by atoms with Gasteiger partial charge in [-0.05, 0) is 26.8 Å². The van der Waals surface area contributed by atoms with Crippen LogP contribution in [0, 0.1) is 10.1 Å². The minimum absolute atomic E-state index is 0.151. The minimum Gasteiger partial charge on any atom is -0.444 e. The molecule has 0 aliphatic heterocycles. The molecule has 1 amide bonds. The lowest BCUT2D eigenvalue weighted by molar-refractivity contribution is -0.384. The number of ether oxygens (including phenoxy) is 1. The zero-order valence-corrected chi connectivity index (χ0v) is 13.5. The van der Waals surface area contributed by atoms with Crippen molar-refractivity contribution in [3.05, 3.63) is 38.9 Å². The second kappa shape index (κ2) is 6.74. The van der Waals surface area contributed by atoms with Gasteiger partial charge < -0.3 is 9.53 Å². The van der Waals surface area contributed by atoms with Gasteiger partial charge in [-0.3, -0.25) is 15.0 Å². The molecule has 0 radical (unpaired) electrons. The van der Waals surface area contributed by atoms with Crippen LogP contribution in [0.2, 0.25) is 5.02 Å². The average Bonchev–Trinajstić information content (AvgIpc) is 2.39. The Kier molecular flexibility index (Phi) is 5.48. The van der Waals surface area contributed by atoms with Crippen LogP contribution in [0.3, 0.4) is 0 Å². The van der Waals surface area contributed by atoms with Crippen molar-refractivity contribution in [1.82, 2.24) is 4.90 Å². The molecular formula is C14H17ClN2O5. The zero-order chi connectivity index (χ0) is 17.1. The van der Waals surface area contributed by atoms with E-state index >= 15 is 0 Å². The van der Waals surface area contributed by atoms with Crippen LogP contribution in [0.4, 0.5) is 10.5 Å². The molecule has 0 bridgehead atoms. The highest BCUT2D eigenvalue weighted by molar-refractivity contribution is 6.31. The second-order valence-electron chi connectivity index (χ2n) is 5.64. The molecule has 120 valence electrons. The Hall–Kier alpha value is -2.15. The zero-order valence-electron chi connectivity index (χ0n) is 12.7. The third kappa shape index (κ3) is 4.42. The van der Waals surface area contributed by atoms with Gasteiger partial charge in [-0.2, -0.15) is 0 Å². The number of nitro benzene ring substituents is 1. The maximum atomic E-state index is 12.0. The molecule has 0 heterocycles. The third-order valence-electron chi connectivity index (χ3n) is 2.74. The Bertz CT molecular complexity index is 597. The lowest BCUT2D eigenvalue weighted by Gasteiger charge is -2.28. The summed E-state index contributed by atoms with van der Waals surface area (Å²) in [6, 6.07) is 2.62. The van der Waals surface area contributed by atoms with E-state index in [1.807, 2.05) is 0 Å². The summed E-state index contributed by atoms with van der Waals surface area (Å²) in [5, 5.41) is 11.0. The van der Waals surface area contributed by atoms with Crippen LogP contribution in [0.25, 0.3) is 0 Å². The van der Waals surface area contributed by atoms with Crippen LogP contribution in [0.1, 0.15) is 32.4 Å². The number of benzene rings is 1. The van der Waals surface area contributed by atoms with Crippen LogP contribution >= 0.6 is 11.6 Å². The third-order valence-corrected chi connectivity index (χ3v) is 3.08.